The first-order chi connectivity index (χ1) is 13.4. The van der Waals surface area contributed by atoms with E-state index >= 15 is 0 Å². The van der Waals surface area contributed by atoms with E-state index in [0.29, 0.717) is 5.90 Å². The summed E-state index contributed by atoms with van der Waals surface area (Å²) in [6.07, 6.45) is 1.76. The van der Waals surface area contributed by atoms with E-state index in [4.69, 9.17) is 4.74 Å². The molecule has 0 unspecified atom stereocenters. The molecule has 0 saturated carbocycles. The van der Waals surface area contributed by atoms with Crippen LogP contribution in [0.2, 0.25) is 0 Å². The van der Waals surface area contributed by atoms with Crippen molar-refractivity contribution in [3.05, 3.63) is 87.9 Å². The van der Waals surface area contributed by atoms with Crippen molar-refractivity contribution in [2.24, 2.45) is 4.99 Å². The summed E-state index contributed by atoms with van der Waals surface area (Å²) in [5, 5.41) is 4.67. The zero-order valence-corrected chi connectivity index (χ0v) is 16.4. The van der Waals surface area contributed by atoms with Gasteiger partial charge in [-0.1, -0.05) is 24.3 Å². The number of aryl methyl sites for hydroxylation is 3. The molecule has 0 spiro atoms. The molecular formula is C23H21N3O2. The predicted octanol–water partition coefficient (Wildman–Crippen LogP) is 4.45. The molecule has 28 heavy (non-hydrogen) atoms. The highest BCUT2D eigenvalue weighted by Gasteiger charge is 2.25. The first-order valence-corrected chi connectivity index (χ1v) is 9.16. The zero-order chi connectivity index (χ0) is 19.8. The molecule has 2 heterocycles. The summed E-state index contributed by atoms with van der Waals surface area (Å²) in [6, 6.07) is 15.7. The van der Waals surface area contributed by atoms with Crippen molar-refractivity contribution < 1.29 is 9.53 Å². The van der Waals surface area contributed by atoms with Gasteiger partial charge in [0.05, 0.1) is 11.4 Å². The minimum atomic E-state index is -0.448. The number of cyclic esters (lactones) is 1. The first-order valence-electron chi connectivity index (χ1n) is 9.16. The van der Waals surface area contributed by atoms with Gasteiger partial charge in [-0.25, -0.2) is 14.5 Å². The van der Waals surface area contributed by atoms with Crippen LogP contribution < -0.4 is 0 Å². The summed E-state index contributed by atoms with van der Waals surface area (Å²) in [6.45, 7) is 8.09. The number of carbonyl (C=O) groups is 1. The van der Waals surface area contributed by atoms with Gasteiger partial charge in [-0.2, -0.15) is 5.10 Å². The number of aromatic nitrogens is 2. The van der Waals surface area contributed by atoms with Gasteiger partial charge in [-0.3, -0.25) is 0 Å². The van der Waals surface area contributed by atoms with Gasteiger partial charge in [0.25, 0.3) is 0 Å². The average molecular weight is 371 g/mol. The number of carbonyl (C=O) groups excluding carboxylic acids is 1. The maximum Gasteiger partial charge on any atom is 0.363 e. The molecule has 0 atom stereocenters. The van der Waals surface area contributed by atoms with Crippen molar-refractivity contribution in [2.75, 3.05) is 0 Å². The van der Waals surface area contributed by atoms with E-state index < -0.39 is 5.97 Å². The largest absolute Gasteiger partial charge is 0.402 e. The number of hydrogen-bond acceptors (Lipinski definition) is 4. The highest BCUT2D eigenvalue weighted by molar-refractivity contribution is 6.12. The predicted molar refractivity (Wildman–Crippen MR) is 110 cm³/mol. The number of benzene rings is 2. The van der Waals surface area contributed by atoms with Gasteiger partial charge in [-0.05, 0) is 69.2 Å². The minimum absolute atomic E-state index is 0.282. The van der Waals surface area contributed by atoms with Crippen LogP contribution in [0.1, 0.15) is 33.6 Å². The van der Waals surface area contributed by atoms with Gasteiger partial charge in [0.1, 0.15) is 0 Å². The van der Waals surface area contributed by atoms with Crippen LogP contribution in [0.4, 0.5) is 0 Å². The standard InChI is InChI=1S/C23H21N3O2/c1-14-10-11-19(12-15(14)2)26-17(4)20(16(3)25-26)13-21-23(27)28-22(24-21)18-8-6-5-7-9-18/h5-13H,1-4H3. The molecule has 4 rings (SSSR count). The average Bonchev–Trinajstić information content (AvgIpc) is 3.19. The third kappa shape index (κ3) is 3.16. The van der Waals surface area contributed by atoms with Gasteiger partial charge in [0.15, 0.2) is 5.70 Å². The monoisotopic (exact) mass is 371 g/mol. The molecule has 0 amide bonds. The lowest BCUT2D eigenvalue weighted by atomic mass is 10.1. The highest BCUT2D eigenvalue weighted by atomic mass is 16.6. The Balaban J connectivity index is 1.74. The summed E-state index contributed by atoms with van der Waals surface area (Å²) in [4.78, 5) is 16.7. The van der Waals surface area contributed by atoms with Crippen molar-refractivity contribution in [2.45, 2.75) is 27.7 Å². The third-order valence-electron chi connectivity index (χ3n) is 5.00. The molecule has 140 valence electrons. The topological polar surface area (TPSA) is 56.5 Å². The second-order valence-electron chi connectivity index (χ2n) is 6.97. The molecule has 0 radical (unpaired) electrons. The fourth-order valence-corrected chi connectivity index (χ4v) is 3.22. The maximum absolute atomic E-state index is 12.3. The Labute approximate surface area is 164 Å². The SMILES string of the molecule is Cc1ccc(-n2nc(C)c(C=C3N=C(c4ccccc4)OC3=O)c2C)cc1C. The highest BCUT2D eigenvalue weighted by Crippen LogP contribution is 2.25. The number of hydrogen-bond donors (Lipinski definition) is 0. The smallest absolute Gasteiger partial charge is 0.363 e. The Morgan fingerprint density at radius 3 is 2.43 bits per heavy atom. The fraction of sp³-hybridized carbons (Fsp3) is 0.174. The van der Waals surface area contributed by atoms with Crippen LogP contribution in [0.3, 0.4) is 0 Å². The molecule has 0 aliphatic carbocycles. The van der Waals surface area contributed by atoms with E-state index in [2.05, 4.69) is 36.1 Å². The molecular weight excluding hydrogens is 350 g/mol. The summed E-state index contributed by atoms with van der Waals surface area (Å²) in [5.41, 5.74) is 7.16. The van der Waals surface area contributed by atoms with Gasteiger partial charge in [-0.15, -0.1) is 0 Å². The lowest BCUT2D eigenvalue weighted by molar-refractivity contribution is -0.129. The molecule has 1 aliphatic rings. The van der Waals surface area contributed by atoms with E-state index in [1.807, 2.05) is 54.9 Å². The number of rotatable bonds is 3. The Morgan fingerprint density at radius 2 is 1.71 bits per heavy atom. The Hall–Kier alpha value is -3.47. The molecule has 5 heteroatoms. The van der Waals surface area contributed by atoms with Crippen molar-refractivity contribution in [3.63, 3.8) is 0 Å². The number of nitrogens with zero attached hydrogens (tertiary/aromatic N) is 3. The van der Waals surface area contributed by atoms with Gasteiger partial charge in [0, 0.05) is 16.8 Å². The minimum Gasteiger partial charge on any atom is -0.402 e. The first kappa shape index (κ1) is 17.9. The lowest BCUT2D eigenvalue weighted by Crippen LogP contribution is -2.05. The van der Waals surface area contributed by atoms with Crippen LogP contribution in [0.15, 0.2) is 59.2 Å². The maximum atomic E-state index is 12.3. The summed E-state index contributed by atoms with van der Waals surface area (Å²) in [5.74, 6) is -0.120. The molecule has 0 bridgehead atoms. The summed E-state index contributed by atoms with van der Waals surface area (Å²) < 4.78 is 7.25. The van der Waals surface area contributed by atoms with Gasteiger partial charge in [0.2, 0.25) is 5.90 Å². The summed E-state index contributed by atoms with van der Waals surface area (Å²) >= 11 is 0. The lowest BCUT2D eigenvalue weighted by Gasteiger charge is -2.07. The van der Waals surface area contributed by atoms with Crippen molar-refractivity contribution >= 4 is 17.9 Å². The molecule has 0 N–H and O–H groups in total. The van der Waals surface area contributed by atoms with E-state index in [1.54, 1.807) is 6.08 Å². The number of esters is 1. The second-order valence-corrected chi connectivity index (χ2v) is 6.97. The normalized spacial score (nSPS) is 15.1. The fourth-order valence-electron chi connectivity index (χ4n) is 3.22. The number of aliphatic imine (C=N–C) groups is 1. The molecule has 0 fully saturated rings. The van der Waals surface area contributed by atoms with Crippen LogP contribution in [0.5, 0.6) is 0 Å². The van der Waals surface area contributed by atoms with Crippen molar-refractivity contribution in [1.82, 2.24) is 9.78 Å². The van der Waals surface area contributed by atoms with Gasteiger partial charge < -0.3 is 4.74 Å². The molecule has 3 aromatic rings. The molecule has 5 nitrogen and oxygen atoms in total. The van der Waals surface area contributed by atoms with E-state index in [0.717, 1.165) is 28.2 Å². The van der Waals surface area contributed by atoms with Crippen LogP contribution in [-0.4, -0.2) is 21.6 Å². The molecule has 0 saturated heterocycles. The molecule has 2 aromatic carbocycles. The number of ether oxygens (including phenoxy) is 1. The van der Waals surface area contributed by atoms with E-state index in [-0.39, 0.29) is 5.70 Å². The van der Waals surface area contributed by atoms with Gasteiger partial charge >= 0.3 is 5.97 Å². The van der Waals surface area contributed by atoms with Crippen LogP contribution in [0.25, 0.3) is 11.8 Å². The van der Waals surface area contributed by atoms with Crippen molar-refractivity contribution in [1.29, 1.82) is 0 Å². The summed E-state index contributed by atoms with van der Waals surface area (Å²) in [7, 11) is 0. The van der Waals surface area contributed by atoms with E-state index in [9.17, 15) is 4.79 Å². The Morgan fingerprint density at radius 1 is 0.964 bits per heavy atom. The quantitative estimate of drug-likeness (QED) is 0.505. The zero-order valence-electron chi connectivity index (χ0n) is 16.4. The van der Waals surface area contributed by atoms with Crippen molar-refractivity contribution in [3.8, 4) is 5.69 Å². The van der Waals surface area contributed by atoms with E-state index in [1.165, 1.54) is 11.1 Å². The Bertz CT molecular complexity index is 1140. The van der Waals surface area contributed by atoms with Crippen LogP contribution >= 0.6 is 0 Å². The second kappa shape index (κ2) is 6.93. The molecule has 1 aromatic heterocycles. The molecule has 1 aliphatic heterocycles. The van der Waals surface area contributed by atoms with Crippen LogP contribution in [-0.2, 0) is 9.53 Å². The van der Waals surface area contributed by atoms with Crippen LogP contribution in [0, 0.1) is 27.7 Å². The Kier molecular flexibility index (Phi) is 4.43. The third-order valence-corrected chi connectivity index (χ3v) is 5.00.